The zero-order chi connectivity index (χ0) is 30.1. The first kappa shape index (κ1) is 39.2. The number of carboxylic acid groups (broad SMARTS) is 1. The Bertz CT molecular complexity index is 664. The highest BCUT2D eigenvalue weighted by molar-refractivity contribution is 5.69. The second-order valence-electron chi connectivity index (χ2n) is 11.7. The van der Waals surface area contributed by atoms with Gasteiger partial charge in [-0.15, -0.1) is 0 Å². The molecule has 0 aliphatic rings. The molecule has 1 atom stereocenters. The van der Waals surface area contributed by atoms with Crippen LogP contribution in [-0.2, 0) is 14.3 Å². The van der Waals surface area contributed by atoms with Gasteiger partial charge in [0.2, 0.25) is 0 Å². The molecule has 238 valence electrons. The van der Waals surface area contributed by atoms with Gasteiger partial charge in [-0.25, -0.2) is 0 Å². The van der Waals surface area contributed by atoms with Gasteiger partial charge in [0.15, 0.2) is 0 Å². The van der Waals surface area contributed by atoms with Crippen LogP contribution in [0.15, 0.2) is 36.5 Å². The monoisotopic (exact) mass is 574 g/mol. The van der Waals surface area contributed by atoms with E-state index < -0.39 is 5.97 Å². The van der Waals surface area contributed by atoms with Crippen molar-refractivity contribution in [2.75, 3.05) is 0 Å². The topological polar surface area (TPSA) is 63.6 Å². The fourth-order valence-electron chi connectivity index (χ4n) is 5.08. The van der Waals surface area contributed by atoms with Crippen molar-refractivity contribution in [1.29, 1.82) is 0 Å². The summed E-state index contributed by atoms with van der Waals surface area (Å²) in [4.78, 5) is 23.3. The summed E-state index contributed by atoms with van der Waals surface area (Å²) >= 11 is 0. The highest BCUT2D eigenvalue weighted by Crippen LogP contribution is 2.18. The van der Waals surface area contributed by atoms with E-state index in [1.807, 2.05) is 0 Å². The van der Waals surface area contributed by atoms with Crippen molar-refractivity contribution >= 4 is 11.9 Å². The van der Waals surface area contributed by atoms with Gasteiger partial charge >= 0.3 is 11.9 Å². The first-order chi connectivity index (χ1) is 20.1. The second kappa shape index (κ2) is 32.7. The molecule has 0 bridgehead atoms. The Kier molecular flexibility index (Phi) is 31.2. The number of carbonyl (C=O) groups excluding carboxylic acids is 1. The van der Waals surface area contributed by atoms with Crippen molar-refractivity contribution in [3.63, 3.8) is 0 Å². The highest BCUT2D eigenvalue weighted by Gasteiger charge is 2.14. The Morgan fingerprint density at radius 3 is 1.61 bits per heavy atom. The largest absolute Gasteiger partial charge is 0.481 e. The van der Waals surface area contributed by atoms with Gasteiger partial charge in [-0.3, -0.25) is 9.59 Å². The van der Waals surface area contributed by atoms with E-state index in [0.29, 0.717) is 12.8 Å². The Balaban J connectivity index is 3.88. The molecule has 4 heteroatoms. The molecule has 0 saturated heterocycles. The summed E-state index contributed by atoms with van der Waals surface area (Å²) in [5, 5.41) is 8.90. The van der Waals surface area contributed by atoms with Gasteiger partial charge in [-0.1, -0.05) is 134 Å². The lowest BCUT2D eigenvalue weighted by Crippen LogP contribution is -2.18. The molecule has 0 aliphatic heterocycles. The fourth-order valence-corrected chi connectivity index (χ4v) is 5.08. The van der Waals surface area contributed by atoms with E-state index in [-0.39, 0.29) is 18.5 Å². The van der Waals surface area contributed by atoms with E-state index in [1.165, 1.54) is 89.9 Å². The second-order valence-corrected chi connectivity index (χ2v) is 11.7. The molecule has 1 N–H and O–H groups in total. The number of esters is 1. The number of carboxylic acids is 1. The number of rotatable bonds is 31. The van der Waals surface area contributed by atoms with E-state index in [4.69, 9.17) is 9.84 Å². The van der Waals surface area contributed by atoms with E-state index in [0.717, 1.165) is 57.8 Å². The molecule has 41 heavy (non-hydrogen) atoms. The van der Waals surface area contributed by atoms with E-state index in [1.54, 1.807) is 0 Å². The summed E-state index contributed by atoms with van der Waals surface area (Å²) in [6, 6.07) is 0. The molecular formula is C37H66O4. The first-order valence-corrected chi connectivity index (χ1v) is 17.5. The van der Waals surface area contributed by atoms with Gasteiger partial charge in [0, 0.05) is 12.8 Å². The van der Waals surface area contributed by atoms with Crippen molar-refractivity contribution in [1.82, 2.24) is 0 Å². The summed E-state index contributed by atoms with van der Waals surface area (Å²) in [7, 11) is 0. The zero-order valence-corrected chi connectivity index (χ0v) is 27.1. The van der Waals surface area contributed by atoms with Crippen molar-refractivity contribution in [3.8, 4) is 0 Å². The lowest BCUT2D eigenvalue weighted by Gasteiger charge is -2.18. The Morgan fingerprint density at radius 1 is 0.561 bits per heavy atom. The predicted molar refractivity (Wildman–Crippen MR) is 176 cm³/mol. The predicted octanol–water partition coefficient (Wildman–Crippen LogP) is 11.8. The van der Waals surface area contributed by atoms with Crippen LogP contribution in [0.5, 0.6) is 0 Å². The quantitative estimate of drug-likeness (QED) is 0.0508. The molecule has 0 saturated carbocycles. The summed E-state index contributed by atoms with van der Waals surface area (Å²) < 4.78 is 5.86. The normalized spacial score (nSPS) is 12.6. The van der Waals surface area contributed by atoms with Crippen LogP contribution in [0.25, 0.3) is 0 Å². The SMILES string of the molecule is CC/C=C\C/C=C\C/C=C\CCCCCCCCCC(=O)OC(CCCCCCCCCCC)CCCCC(=O)O. The lowest BCUT2D eigenvalue weighted by atomic mass is 10.0. The number of unbranched alkanes of at least 4 members (excludes halogenated alkanes) is 16. The molecule has 0 radical (unpaired) electrons. The molecule has 0 aromatic heterocycles. The van der Waals surface area contributed by atoms with E-state index in [2.05, 4.69) is 50.3 Å². The zero-order valence-electron chi connectivity index (χ0n) is 27.1. The van der Waals surface area contributed by atoms with Gasteiger partial charge in [0.25, 0.3) is 0 Å². The van der Waals surface area contributed by atoms with Gasteiger partial charge in [0.1, 0.15) is 6.10 Å². The standard InChI is InChI=1S/C37H66O4/c1-3-5-7-9-11-13-14-15-16-17-18-19-20-22-24-26-28-34-37(40)41-35(32-29-30-33-36(38)39)31-27-25-23-21-12-10-8-6-4-2/h5,7,11,13,15-16,35H,3-4,6,8-10,12,14,17-34H2,1-2H3,(H,38,39)/b7-5-,13-11-,16-15-. The Hall–Kier alpha value is -1.84. The molecule has 0 aromatic carbocycles. The minimum atomic E-state index is -0.746. The molecule has 0 fully saturated rings. The van der Waals surface area contributed by atoms with E-state index in [9.17, 15) is 9.59 Å². The highest BCUT2D eigenvalue weighted by atomic mass is 16.5. The fraction of sp³-hybridized carbons (Fsp3) is 0.784. The summed E-state index contributed by atoms with van der Waals surface area (Å²) in [5.41, 5.74) is 0. The number of aliphatic carboxylic acids is 1. The van der Waals surface area contributed by atoms with Gasteiger partial charge in [-0.2, -0.15) is 0 Å². The first-order valence-electron chi connectivity index (χ1n) is 17.5. The van der Waals surface area contributed by atoms with Crippen molar-refractivity contribution in [2.45, 2.75) is 187 Å². The third kappa shape index (κ3) is 32.5. The van der Waals surface area contributed by atoms with Crippen LogP contribution in [0, 0.1) is 0 Å². The maximum Gasteiger partial charge on any atom is 0.306 e. The number of carbonyl (C=O) groups is 2. The molecule has 0 heterocycles. The van der Waals surface area contributed by atoms with E-state index >= 15 is 0 Å². The lowest BCUT2D eigenvalue weighted by molar-refractivity contribution is -0.150. The maximum absolute atomic E-state index is 12.5. The van der Waals surface area contributed by atoms with Crippen molar-refractivity contribution < 1.29 is 19.4 Å². The number of hydrogen-bond acceptors (Lipinski definition) is 3. The Morgan fingerprint density at radius 2 is 1.02 bits per heavy atom. The smallest absolute Gasteiger partial charge is 0.306 e. The molecular weight excluding hydrogens is 508 g/mol. The molecule has 0 spiro atoms. The molecule has 0 aromatic rings. The molecule has 0 aliphatic carbocycles. The number of ether oxygens (including phenoxy) is 1. The average molecular weight is 575 g/mol. The summed E-state index contributed by atoms with van der Waals surface area (Å²) in [5.74, 6) is -0.813. The molecule has 0 rings (SSSR count). The molecule has 4 nitrogen and oxygen atoms in total. The third-order valence-corrected chi connectivity index (χ3v) is 7.63. The summed E-state index contributed by atoms with van der Waals surface area (Å²) in [6.45, 7) is 4.41. The summed E-state index contributed by atoms with van der Waals surface area (Å²) in [6.07, 6.45) is 41.5. The molecule has 1 unspecified atom stereocenters. The van der Waals surface area contributed by atoms with Crippen molar-refractivity contribution in [3.05, 3.63) is 36.5 Å². The van der Waals surface area contributed by atoms with Crippen LogP contribution in [-0.4, -0.2) is 23.1 Å². The third-order valence-electron chi connectivity index (χ3n) is 7.63. The maximum atomic E-state index is 12.5. The van der Waals surface area contributed by atoms with Crippen LogP contribution in [0.2, 0.25) is 0 Å². The Labute approximate surface area is 254 Å². The minimum absolute atomic E-state index is 0.0473. The van der Waals surface area contributed by atoms with Crippen LogP contribution in [0.4, 0.5) is 0 Å². The minimum Gasteiger partial charge on any atom is -0.481 e. The number of allylic oxidation sites excluding steroid dienone is 6. The van der Waals surface area contributed by atoms with Crippen LogP contribution < -0.4 is 0 Å². The van der Waals surface area contributed by atoms with Gasteiger partial charge in [0.05, 0.1) is 0 Å². The van der Waals surface area contributed by atoms with Crippen LogP contribution in [0.3, 0.4) is 0 Å². The molecule has 0 amide bonds. The van der Waals surface area contributed by atoms with Crippen LogP contribution in [0.1, 0.15) is 181 Å². The van der Waals surface area contributed by atoms with Crippen LogP contribution >= 0.6 is 0 Å². The van der Waals surface area contributed by atoms with Gasteiger partial charge < -0.3 is 9.84 Å². The van der Waals surface area contributed by atoms with Crippen molar-refractivity contribution in [2.24, 2.45) is 0 Å². The average Bonchev–Trinajstić information content (AvgIpc) is 2.95. The van der Waals surface area contributed by atoms with Gasteiger partial charge in [-0.05, 0) is 70.6 Å². The number of hydrogen-bond donors (Lipinski definition) is 1.